The van der Waals surface area contributed by atoms with Crippen molar-refractivity contribution in [1.29, 1.82) is 0 Å². The summed E-state index contributed by atoms with van der Waals surface area (Å²) in [6.45, 7) is 0. The number of aromatic amines is 2. The molecule has 0 atom stereocenters. The first-order valence-corrected chi connectivity index (χ1v) is 9.46. The number of pyridine rings is 1. The number of benzene rings is 1. The van der Waals surface area contributed by atoms with Crippen LogP contribution in [-0.2, 0) is 0 Å². The lowest BCUT2D eigenvalue weighted by Gasteiger charge is -2.01. The maximum absolute atomic E-state index is 4.57. The first-order chi connectivity index (χ1) is 14.4. The number of aromatic nitrogens is 6. The quantitative estimate of drug-likeness (QED) is 0.469. The molecule has 6 nitrogen and oxygen atoms in total. The minimum Gasteiger partial charge on any atom is -0.338 e. The summed E-state index contributed by atoms with van der Waals surface area (Å²) in [5.41, 5.74) is 7.90. The van der Waals surface area contributed by atoms with Crippen LogP contribution >= 0.6 is 0 Å². The molecule has 0 bridgehead atoms. The fourth-order valence-corrected chi connectivity index (χ4v) is 3.89. The van der Waals surface area contributed by atoms with Crippen LogP contribution in [0.3, 0.4) is 0 Å². The van der Waals surface area contributed by atoms with Gasteiger partial charge in [-0.1, -0.05) is 24.3 Å². The van der Waals surface area contributed by atoms with Gasteiger partial charge in [-0.3, -0.25) is 15.1 Å². The molecule has 2 N–H and O–H groups in total. The van der Waals surface area contributed by atoms with Crippen molar-refractivity contribution in [2.24, 2.45) is 0 Å². The van der Waals surface area contributed by atoms with E-state index in [1.165, 1.54) is 11.1 Å². The molecule has 1 aliphatic rings. The van der Waals surface area contributed by atoms with Crippen molar-refractivity contribution < 1.29 is 0 Å². The van der Waals surface area contributed by atoms with Gasteiger partial charge >= 0.3 is 0 Å². The molecule has 5 aromatic rings. The van der Waals surface area contributed by atoms with E-state index in [1.807, 2.05) is 18.3 Å². The Morgan fingerprint density at radius 2 is 1.93 bits per heavy atom. The van der Waals surface area contributed by atoms with Crippen LogP contribution in [0.4, 0.5) is 0 Å². The maximum atomic E-state index is 4.57. The highest BCUT2D eigenvalue weighted by atomic mass is 15.1. The van der Waals surface area contributed by atoms with E-state index >= 15 is 0 Å². The van der Waals surface area contributed by atoms with Gasteiger partial charge in [0.05, 0.1) is 23.1 Å². The van der Waals surface area contributed by atoms with Crippen molar-refractivity contribution in [3.63, 3.8) is 0 Å². The highest BCUT2D eigenvalue weighted by Gasteiger charge is 2.15. The van der Waals surface area contributed by atoms with Crippen LogP contribution in [0.5, 0.6) is 0 Å². The molecule has 0 saturated carbocycles. The summed E-state index contributed by atoms with van der Waals surface area (Å²) in [5, 5.41) is 9.83. The Balaban J connectivity index is 1.52. The summed E-state index contributed by atoms with van der Waals surface area (Å²) in [6, 6.07) is 10.3. The Bertz CT molecular complexity index is 1420. The van der Waals surface area contributed by atoms with Gasteiger partial charge in [0, 0.05) is 34.9 Å². The van der Waals surface area contributed by atoms with Crippen LogP contribution in [0.25, 0.3) is 50.2 Å². The van der Waals surface area contributed by atoms with Gasteiger partial charge in [-0.25, -0.2) is 4.98 Å². The standard InChI is InChI=1S/C23H16N6/c1-2-4-14(3-1)16-7-8-26-23-17(16)12-20(27-23)22-18-11-15(5-6-19(18)28-29-22)21-13-24-9-10-25-21/h1,3-13H,2H2,(H,26,27)(H,28,29). The van der Waals surface area contributed by atoms with Crippen molar-refractivity contribution in [1.82, 2.24) is 30.1 Å². The van der Waals surface area contributed by atoms with Gasteiger partial charge in [0.2, 0.25) is 0 Å². The number of hydrogen-bond donors (Lipinski definition) is 2. The van der Waals surface area contributed by atoms with Gasteiger partial charge < -0.3 is 4.98 Å². The molecule has 138 valence electrons. The van der Waals surface area contributed by atoms with E-state index in [4.69, 9.17) is 0 Å². The molecule has 1 aliphatic carbocycles. The van der Waals surface area contributed by atoms with Crippen molar-refractivity contribution in [3.8, 4) is 22.6 Å². The first kappa shape index (κ1) is 15.9. The minimum absolute atomic E-state index is 0.835. The van der Waals surface area contributed by atoms with Crippen molar-refractivity contribution >= 4 is 27.5 Å². The number of nitrogens with one attached hydrogen (secondary N) is 2. The Labute approximate surface area is 166 Å². The lowest BCUT2D eigenvalue weighted by molar-refractivity contribution is 1.12. The lowest BCUT2D eigenvalue weighted by Crippen LogP contribution is -1.84. The lowest BCUT2D eigenvalue weighted by atomic mass is 10.0. The third kappa shape index (κ3) is 2.57. The predicted molar refractivity (Wildman–Crippen MR) is 114 cm³/mol. The second-order valence-electron chi connectivity index (χ2n) is 7.02. The number of nitrogens with zero attached hydrogens (tertiary/aromatic N) is 4. The van der Waals surface area contributed by atoms with Crippen LogP contribution in [0, 0.1) is 0 Å². The largest absolute Gasteiger partial charge is 0.338 e. The molecule has 6 rings (SSSR count). The summed E-state index contributed by atoms with van der Waals surface area (Å²) >= 11 is 0. The fourth-order valence-electron chi connectivity index (χ4n) is 3.89. The van der Waals surface area contributed by atoms with E-state index in [9.17, 15) is 0 Å². The molecule has 0 fully saturated rings. The Hall–Kier alpha value is -4.06. The summed E-state index contributed by atoms with van der Waals surface area (Å²) in [4.78, 5) is 16.6. The Kier molecular flexibility index (Phi) is 3.43. The van der Waals surface area contributed by atoms with Gasteiger partial charge in [-0.05, 0) is 41.8 Å². The molecule has 1 aromatic carbocycles. The van der Waals surface area contributed by atoms with Crippen LogP contribution in [-0.4, -0.2) is 30.1 Å². The predicted octanol–water partition coefficient (Wildman–Crippen LogP) is 4.91. The van der Waals surface area contributed by atoms with Crippen molar-refractivity contribution in [2.75, 3.05) is 0 Å². The first-order valence-electron chi connectivity index (χ1n) is 9.46. The third-order valence-corrected chi connectivity index (χ3v) is 5.29. The summed E-state index contributed by atoms with van der Waals surface area (Å²) in [5.74, 6) is 0. The SMILES string of the molecule is C1=CC(c2ccnc3[nH]c(-c4n[nH]c5ccc(-c6cnccn6)cc45)cc23)=CC1. The van der Waals surface area contributed by atoms with Gasteiger partial charge in [-0.2, -0.15) is 5.10 Å². The molecule has 0 radical (unpaired) electrons. The van der Waals surface area contributed by atoms with Crippen LogP contribution in [0.15, 0.2) is 73.3 Å². The van der Waals surface area contributed by atoms with E-state index in [1.54, 1.807) is 18.6 Å². The molecule has 4 heterocycles. The van der Waals surface area contributed by atoms with Gasteiger partial charge in [-0.15, -0.1) is 0 Å². The van der Waals surface area contributed by atoms with Crippen molar-refractivity contribution in [3.05, 3.63) is 78.9 Å². The van der Waals surface area contributed by atoms with Crippen LogP contribution in [0.2, 0.25) is 0 Å². The second-order valence-corrected chi connectivity index (χ2v) is 7.02. The smallest absolute Gasteiger partial charge is 0.138 e. The zero-order valence-electron chi connectivity index (χ0n) is 15.4. The molecule has 6 heteroatoms. The molecule has 0 spiro atoms. The minimum atomic E-state index is 0.835. The highest BCUT2D eigenvalue weighted by molar-refractivity contribution is 6.00. The molecule has 4 aromatic heterocycles. The number of hydrogen-bond acceptors (Lipinski definition) is 4. The number of allylic oxidation sites excluding steroid dienone is 4. The zero-order chi connectivity index (χ0) is 19.2. The molecule has 0 aliphatic heterocycles. The van der Waals surface area contributed by atoms with E-state index < -0.39 is 0 Å². The fraction of sp³-hybridized carbons (Fsp3) is 0.0435. The average molecular weight is 376 g/mol. The number of rotatable bonds is 3. The van der Waals surface area contributed by atoms with E-state index in [-0.39, 0.29) is 0 Å². The molecular weight excluding hydrogens is 360 g/mol. The molecule has 0 saturated heterocycles. The maximum Gasteiger partial charge on any atom is 0.138 e. The van der Waals surface area contributed by atoms with E-state index in [2.05, 4.69) is 66.6 Å². The second kappa shape index (κ2) is 6.24. The highest BCUT2D eigenvalue weighted by Crippen LogP contribution is 2.34. The summed E-state index contributed by atoms with van der Waals surface area (Å²) < 4.78 is 0. The Morgan fingerprint density at radius 3 is 2.79 bits per heavy atom. The third-order valence-electron chi connectivity index (χ3n) is 5.29. The summed E-state index contributed by atoms with van der Waals surface area (Å²) in [6.07, 6.45) is 14.5. The normalized spacial score (nSPS) is 13.4. The molecular formula is C23H16N6. The molecule has 0 amide bonds. The monoisotopic (exact) mass is 376 g/mol. The molecule has 29 heavy (non-hydrogen) atoms. The van der Waals surface area contributed by atoms with Crippen LogP contribution in [0.1, 0.15) is 12.0 Å². The number of H-pyrrole nitrogens is 2. The summed E-state index contributed by atoms with van der Waals surface area (Å²) in [7, 11) is 0. The van der Waals surface area contributed by atoms with Gasteiger partial charge in [0.15, 0.2) is 0 Å². The van der Waals surface area contributed by atoms with Gasteiger partial charge in [0.25, 0.3) is 0 Å². The average Bonchev–Trinajstić information content (AvgIpc) is 3.52. The zero-order valence-corrected chi connectivity index (χ0v) is 15.4. The van der Waals surface area contributed by atoms with Crippen molar-refractivity contribution in [2.45, 2.75) is 6.42 Å². The Morgan fingerprint density at radius 1 is 0.931 bits per heavy atom. The van der Waals surface area contributed by atoms with E-state index in [0.717, 1.165) is 51.0 Å². The van der Waals surface area contributed by atoms with E-state index in [0.29, 0.717) is 0 Å². The topological polar surface area (TPSA) is 83.1 Å². The number of fused-ring (bicyclic) bond motifs is 2. The van der Waals surface area contributed by atoms with Gasteiger partial charge in [0.1, 0.15) is 11.3 Å². The molecule has 0 unspecified atom stereocenters. The van der Waals surface area contributed by atoms with Crippen LogP contribution < -0.4 is 0 Å².